The second-order valence-corrected chi connectivity index (χ2v) is 5.76. The number of hydrogen-bond acceptors (Lipinski definition) is 6. The summed E-state index contributed by atoms with van der Waals surface area (Å²) in [7, 11) is 1.42. The molecule has 9 heteroatoms. The van der Waals surface area contributed by atoms with Gasteiger partial charge in [0.05, 0.1) is 33.6 Å². The minimum Gasteiger partial charge on any atom is -0.386 e. The predicted octanol–water partition coefficient (Wildman–Crippen LogP) is 2.70. The second-order valence-electron chi connectivity index (χ2n) is 5.76. The number of nitro groups is 2. The van der Waals surface area contributed by atoms with E-state index in [1.54, 1.807) is 37.3 Å². The molecule has 1 amide bonds. The molecule has 0 aliphatic heterocycles. The van der Waals surface area contributed by atoms with Crippen molar-refractivity contribution in [3.05, 3.63) is 79.9 Å². The molecule has 2 atom stereocenters. The number of aliphatic hydroxyl groups is 1. The lowest BCUT2D eigenvalue weighted by Crippen LogP contribution is -2.39. The fourth-order valence-electron chi connectivity index (χ4n) is 2.46. The van der Waals surface area contributed by atoms with Crippen molar-refractivity contribution >= 4 is 17.3 Å². The van der Waals surface area contributed by atoms with Crippen LogP contribution in [-0.4, -0.2) is 38.8 Å². The Hall–Kier alpha value is -3.33. The highest BCUT2D eigenvalue weighted by Crippen LogP contribution is 2.26. The molecular weight excluding hydrogens is 342 g/mol. The van der Waals surface area contributed by atoms with Gasteiger partial charge in [0, 0.05) is 19.2 Å². The summed E-state index contributed by atoms with van der Waals surface area (Å²) >= 11 is 0. The Morgan fingerprint density at radius 1 is 1.04 bits per heavy atom. The van der Waals surface area contributed by atoms with E-state index in [4.69, 9.17) is 0 Å². The first kappa shape index (κ1) is 19.0. The first-order valence-corrected chi connectivity index (χ1v) is 7.66. The lowest BCUT2D eigenvalue weighted by molar-refractivity contribution is -0.394. The number of hydrogen-bond donors (Lipinski definition) is 1. The molecule has 0 bridgehead atoms. The monoisotopic (exact) mass is 359 g/mol. The number of carbonyl (C=O) groups excluding carboxylic acids is 1. The van der Waals surface area contributed by atoms with Crippen molar-refractivity contribution < 1.29 is 19.7 Å². The van der Waals surface area contributed by atoms with E-state index >= 15 is 0 Å². The maximum atomic E-state index is 12.6. The summed E-state index contributed by atoms with van der Waals surface area (Å²) in [5.74, 6) is -0.667. The van der Waals surface area contributed by atoms with Crippen molar-refractivity contribution in [3.63, 3.8) is 0 Å². The zero-order valence-corrected chi connectivity index (χ0v) is 14.1. The third-order valence-electron chi connectivity index (χ3n) is 4.10. The first-order valence-electron chi connectivity index (χ1n) is 7.66. The van der Waals surface area contributed by atoms with E-state index < -0.39 is 39.3 Å². The summed E-state index contributed by atoms with van der Waals surface area (Å²) < 4.78 is 0. The highest BCUT2D eigenvalue weighted by Gasteiger charge is 2.27. The third-order valence-corrected chi connectivity index (χ3v) is 4.10. The molecule has 2 aromatic carbocycles. The number of aliphatic hydroxyl groups excluding tert-OH is 1. The Morgan fingerprint density at radius 2 is 1.54 bits per heavy atom. The Bertz CT molecular complexity index is 807. The van der Waals surface area contributed by atoms with Crippen LogP contribution in [-0.2, 0) is 0 Å². The minimum absolute atomic E-state index is 0.194. The van der Waals surface area contributed by atoms with Crippen molar-refractivity contribution in [2.24, 2.45) is 0 Å². The molecule has 1 N–H and O–H groups in total. The van der Waals surface area contributed by atoms with Gasteiger partial charge in [-0.2, -0.15) is 0 Å². The molecule has 0 heterocycles. The SMILES string of the molecule is CC(C(O)c1ccccc1)N(C)C(=O)c1cc([N+](=O)[O-])cc([N+](=O)[O-])c1. The van der Waals surface area contributed by atoms with Gasteiger partial charge in [-0.1, -0.05) is 30.3 Å². The third kappa shape index (κ3) is 4.01. The van der Waals surface area contributed by atoms with E-state index in [0.717, 1.165) is 18.2 Å². The van der Waals surface area contributed by atoms with Crippen LogP contribution in [0.3, 0.4) is 0 Å². The average Bonchev–Trinajstić information content (AvgIpc) is 2.65. The van der Waals surface area contributed by atoms with Crippen molar-refractivity contribution in [2.45, 2.75) is 19.1 Å². The minimum atomic E-state index is -0.987. The van der Waals surface area contributed by atoms with E-state index in [-0.39, 0.29) is 5.56 Å². The largest absolute Gasteiger partial charge is 0.386 e. The van der Waals surface area contributed by atoms with Crippen LogP contribution >= 0.6 is 0 Å². The van der Waals surface area contributed by atoms with Gasteiger partial charge in [0.1, 0.15) is 0 Å². The summed E-state index contributed by atoms with van der Waals surface area (Å²) in [5.41, 5.74) is -0.690. The molecule has 0 fully saturated rings. The molecule has 0 aromatic heterocycles. The van der Waals surface area contributed by atoms with E-state index in [9.17, 15) is 30.1 Å². The van der Waals surface area contributed by atoms with Crippen LogP contribution in [0.2, 0.25) is 0 Å². The molecule has 2 unspecified atom stereocenters. The summed E-state index contributed by atoms with van der Waals surface area (Å²) in [6.45, 7) is 1.61. The average molecular weight is 359 g/mol. The molecule has 0 saturated carbocycles. The zero-order chi connectivity index (χ0) is 19.4. The number of likely N-dealkylation sites (N-methyl/N-ethyl adjacent to an activating group) is 1. The van der Waals surface area contributed by atoms with Gasteiger partial charge in [-0.15, -0.1) is 0 Å². The fraction of sp³-hybridized carbons (Fsp3) is 0.235. The smallest absolute Gasteiger partial charge is 0.277 e. The van der Waals surface area contributed by atoms with Gasteiger partial charge in [0.2, 0.25) is 0 Å². The molecule has 9 nitrogen and oxygen atoms in total. The molecule has 2 rings (SSSR count). The molecule has 0 aliphatic carbocycles. The quantitative estimate of drug-likeness (QED) is 0.624. The Kier molecular flexibility index (Phi) is 5.63. The maximum absolute atomic E-state index is 12.6. The van der Waals surface area contributed by atoms with Gasteiger partial charge in [0.15, 0.2) is 0 Å². The number of non-ortho nitro benzene ring substituents is 2. The lowest BCUT2D eigenvalue weighted by atomic mass is 10.0. The Morgan fingerprint density at radius 3 is 2.00 bits per heavy atom. The fourth-order valence-corrected chi connectivity index (χ4v) is 2.46. The van der Waals surface area contributed by atoms with Crippen molar-refractivity contribution in [1.82, 2.24) is 4.90 Å². The normalized spacial score (nSPS) is 12.9. The van der Waals surface area contributed by atoms with Crippen LogP contribution in [0.15, 0.2) is 48.5 Å². The van der Waals surface area contributed by atoms with Crippen LogP contribution in [0.25, 0.3) is 0 Å². The molecular formula is C17H17N3O6. The number of benzene rings is 2. The number of carbonyl (C=O) groups is 1. The van der Waals surface area contributed by atoms with Crippen LogP contribution in [0.5, 0.6) is 0 Å². The standard InChI is InChI=1S/C17H17N3O6/c1-11(16(21)12-6-4-3-5-7-12)18(2)17(22)13-8-14(19(23)24)10-15(9-13)20(25)26/h3-11,16,21H,1-2H3. The molecule has 0 spiro atoms. The zero-order valence-electron chi connectivity index (χ0n) is 14.1. The van der Waals surface area contributed by atoms with Gasteiger partial charge in [-0.25, -0.2) is 0 Å². The second kappa shape index (κ2) is 7.70. The van der Waals surface area contributed by atoms with Crippen LogP contribution in [0, 0.1) is 20.2 Å². The lowest BCUT2D eigenvalue weighted by Gasteiger charge is -2.29. The van der Waals surface area contributed by atoms with E-state index in [2.05, 4.69) is 0 Å². The number of amides is 1. The molecule has 0 radical (unpaired) electrons. The van der Waals surface area contributed by atoms with Gasteiger partial charge < -0.3 is 10.0 Å². The predicted molar refractivity (Wildman–Crippen MR) is 92.7 cm³/mol. The van der Waals surface area contributed by atoms with Gasteiger partial charge in [0.25, 0.3) is 17.3 Å². The molecule has 2 aromatic rings. The van der Waals surface area contributed by atoms with E-state index in [1.807, 2.05) is 0 Å². The summed E-state index contributed by atoms with van der Waals surface area (Å²) in [6, 6.07) is 10.8. The summed E-state index contributed by atoms with van der Waals surface area (Å²) in [6.07, 6.45) is -0.987. The van der Waals surface area contributed by atoms with Crippen LogP contribution < -0.4 is 0 Å². The number of nitrogens with zero attached hydrogens (tertiary/aromatic N) is 3. The van der Waals surface area contributed by atoms with Crippen molar-refractivity contribution in [3.8, 4) is 0 Å². The topological polar surface area (TPSA) is 127 Å². The molecule has 0 saturated heterocycles. The van der Waals surface area contributed by atoms with Crippen molar-refractivity contribution in [1.29, 1.82) is 0 Å². The maximum Gasteiger partial charge on any atom is 0.277 e. The highest BCUT2D eigenvalue weighted by atomic mass is 16.6. The Balaban J connectivity index is 2.32. The van der Waals surface area contributed by atoms with E-state index in [1.165, 1.54) is 11.9 Å². The molecule has 26 heavy (non-hydrogen) atoms. The van der Waals surface area contributed by atoms with Gasteiger partial charge >= 0.3 is 0 Å². The Labute approximate surface area is 148 Å². The van der Waals surface area contributed by atoms with Crippen LogP contribution in [0.4, 0.5) is 11.4 Å². The number of nitro benzene ring substituents is 2. The van der Waals surface area contributed by atoms with Crippen molar-refractivity contribution in [2.75, 3.05) is 7.05 Å². The van der Waals surface area contributed by atoms with E-state index in [0.29, 0.717) is 5.56 Å². The first-order chi connectivity index (χ1) is 12.2. The molecule has 0 aliphatic rings. The summed E-state index contributed by atoms with van der Waals surface area (Å²) in [4.78, 5) is 34.2. The number of rotatable bonds is 6. The van der Waals surface area contributed by atoms with Gasteiger partial charge in [-0.05, 0) is 12.5 Å². The highest BCUT2D eigenvalue weighted by molar-refractivity contribution is 5.95. The van der Waals surface area contributed by atoms with Crippen LogP contribution in [0.1, 0.15) is 28.9 Å². The molecule has 136 valence electrons. The summed E-state index contributed by atoms with van der Waals surface area (Å²) in [5, 5.41) is 32.4. The van der Waals surface area contributed by atoms with Gasteiger partial charge in [-0.3, -0.25) is 25.0 Å².